The van der Waals surface area contributed by atoms with E-state index in [-0.39, 0.29) is 11.6 Å². The van der Waals surface area contributed by atoms with Gasteiger partial charge in [0.05, 0.1) is 18.1 Å². The highest BCUT2D eigenvalue weighted by atomic mass is 16.5. The Morgan fingerprint density at radius 1 is 1.08 bits per heavy atom. The van der Waals surface area contributed by atoms with Crippen molar-refractivity contribution < 1.29 is 9.53 Å². The van der Waals surface area contributed by atoms with Crippen molar-refractivity contribution in [3.63, 3.8) is 0 Å². The van der Waals surface area contributed by atoms with Gasteiger partial charge in [0, 0.05) is 26.6 Å². The Morgan fingerprint density at radius 3 is 2.46 bits per heavy atom. The van der Waals surface area contributed by atoms with E-state index in [1.807, 2.05) is 48.5 Å². The Balaban J connectivity index is 1.52. The molecule has 0 spiro atoms. The summed E-state index contributed by atoms with van der Waals surface area (Å²) in [5.74, 6) is 0.785. The van der Waals surface area contributed by atoms with Gasteiger partial charge in [-0.3, -0.25) is 13.9 Å². The molecule has 0 unspecified atom stereocenters. The molecule has 0 saturated heterocycles. The number of imidazole rings is 1. The first-order chi connectivity index (χ1) is 12.6. The van der Waals surface area contributed by atoms with Gasteiger partial charge in [-0.15, -0.1) is 0 Å². The Morgan fingerprint density at radius 2 is 1.77 bits per heavy atom. The molecular formula is C20H23N3O3. The summed E-state index contributed by atoms with van der Waals surface area (Å²) in [6.45, 7) is 0.879. The quantitative estimate of drug-likeness (QED) is 0.707. The normalized spacial score (nSPS) is 10.8. The Hall–Kier alpha value is -3.02. The SMILES string of the molecule is COc1ccc(CCC(=O)NCCn2c(=O)n(C)c3ccccc32)cc1. The van der Waals surface area contributed by atoms with Gasteiger partial charge < -0.3 is 10.1 Å². The average molecular weight is 353 g/mol. The first-order valence-corrected chi connectivity index (χ1v) is 8.64. The number of hydrogen-bond donors (Lipinski definition) is 1. The molecule has 0 aliphatic rings. The fraction of sp³-hybridized carbons (Fsp3) is 0.300. The fourth-order valence-electron chi connectivity index (χ4n) is 3.02. The molecule has 0 aliphatic heterocycles. The fourth-order valence-corrected chi connectivity index (χ4v) is 3.02. The lowest BCUT2D eigenvalue weighted by molar-refractivity contribution is -0.121. The molecule has 6 heteroatoms. The average Bonchev–Trinajstić information content (AvgIpc) is 2.92. The van der Waals surface area contributed by atoms with E-state index < -0.39 is 0 Å². The summed E-state index contributed by atoms with van der Waals surface area (Å²) < 4.78 is 8.44. The van der Waals surface area contributed by atoms with E-state index in [0.29, 0.717) is 25.9 Å². The van der Waals surface area contributed by atoms with Gasteiger partial charge in [-0.05, 0) is 36.2 Å². The van der Waals surface area contributed by atoms with Gasteiger partial charge in [0.25, 0.3) is 0 Å². The molecule has 1 heterocycles. The molecule has 0 aliphatic carbocycles. The number of aromatic nitrogens is 2. The van der Waals surface area contributed by atoms with Gasteiger partial charge in [0.2, 0.25) is 5.91 Å². The Kier molecular flexibility index (Phi) is 5.41. The summed E-state index contributed by atoms with van der Waals surface area (Å²) in [4.78, 5) is 24.4. The summed E-state index contributed by atoms with van der Waals surface area (Å²) >= 11 is 0. The first-order valence-electron chi connectivity index (χ1n) is 8.64. The minimum atomic E-state index is -0.0707. The second-order valence-electron chi connectivity index (χ2n) is 6.18. The number of carbonyl (C=O) groups excluding carboxylic acids is 1. The van der Waals surface area contributed by atoms with Crippen molar-refractivity contribution in [3.05, 3.63) is 64.6 Å². The molecule has 26 heavy (non-hydrogen) atoms. The predicted octanol–water partition coefficient (Wildman–Crippen LogP) is 2.10. The number of para-hydroxylation sites is 2. The highest BCUT2D eigenvalue weighted by Crippen LogP contribution is 2.13. The zero-order valence-electron chi connectivity index (χ0n) is 15.1. The molecule has 0 radical (unpaired) electrons. The van der Waals surface area contributed by atoms with E-state index >= 15 is 0 Å². The summed E-state index contributed by atoms with van der Waals surface area (Å²) in [6.07, 6.45) is 1.08. The number of methoxy groups -OCH3 is 1. The number of amides is 1. The smallest absolute Gasteiger partial charge is 0.328 e. The van der Waals surface area contributed by atoms with Crippen LogP contribution in [0.25, 0.3) is 11.0 Å². The second-order valence-corrected chi connectivity index (χ2v) is 6.18. The topological polar surface area (TPSA) is 65.3 Å². The molecular weight excluding hydrogens is 330 g/mol. The van der Waals surface area contributed by atoms with E-state index in [1.54, 1.807) is 23.3 Å². The number of carbonyl (C=O) groups is 1. The summed E-state index contributed by atoms with van der Waals surface area (Å²) in [5, 5.41) is 2.89. The molecule has 2 aromatic carbocycles. The van der Waals surface area contributed by atoms with Crippen LogP contribution in [-0.4, -0.2) is 28.7 Å². The third-order valence-electron chi connectivity index (χ3n) is 4.51. The molecule has 0 bridgehead atoms. The van der Waals surface area contributed by atoms with Gasteiger partial charge >= 0.3 is 5.69 Å². The molecule has 1 amide bonds. The molecule has 0 fully saturated rings. The number of nitrogens with one attached hydrogen (secondary N) is 1. The first kappa shape index (κ1) is 17.8. The van der Waals surface area contributed by atoms with E-state index in [2.05, 4.69) is 5.32 Å². The number of nitrogens with zero attached hydrogens (tertiary/aromatic N) is 2. The van der Waals surface area contributed by atoms with E-state index in [1.165, 1.54) is 0 Å². The van der Waals surface area contributed by atoms with E-state index in [0.717, 1.165) is 22.3 Å². The largest absolute Gasteiger partial charge is 0.497 e. The molecule has 0 atom stereocenters. The number of fused-ring (bicyclic) bond motifs is 1. The van der Waals surface area contributed by atoms with Crippen LogP contribution in [0.4, 0.5) is 0 Å². The third kappa shape index (κ3) is 3.79. The van der Waals surface area contributed by atoms with Crippen molar-refractivity contribution in [1.82, 2.24) is 14.5 Å². The number of ether oxygens (including phenoxy) is 1. The molecule has 1 N–H and O–H groups in total. The second kappa shape index (κ2) is 7.91. The zero-order valence-corrected chi connectivity index (χ0v) is 15.1. The lowest BCUT2D eigenvalue weighted by Gasteiger charge is -2.07. The van der Waals surface area contributed by atoms with Crippen LogP contribution in [0, 0.1) is 0 Å². The summed E-state index contributed by atoms with van der Waals surface area (Å²) in [7, 11) is 3.39. The van der Waals surface area contributed by atoms with Crippen molar-refractivity contribution in [1.29, 1.82) is 0 Å². The molecule has 3 aromatic rings. The van der Waals surface area contributed by atoms with Crippen LogP contribution in [0.5, 0.6) is 5.75 Å². The van der Waals surface area contributed by atoms with Crippen LogP contribution >= 0.6 is 0 Å². The minimum absolute atomic E-state index is 0.0193. The number of hydrogen-bond acceptors (Lipinski definition) is 3. The van der Waals surface area contributed by atoms with Crippen LogP contribution in [0.3, 0.4) is 0 Å². The van der Waals surface area contributed by atoms with Crippen LogP contribution in [-0.2, 0) is 24.8 Å². The van der Waals surface area contributed by atoms with Crippen molar-refractivity contribution in [2.75, 3.05) is 13.7 Å². The van der Waals surface area contributed by atoms with Crippen molar-refractivity contribution in [2.24, 2.45) is 7.05 Å². The number of rotatable bonds is 7. The van der Waals surface area contributed by atoms with Crippen LogP contribution < -0.4 is 15.7 Å². The highest BCUT2D eigenvalue weighted by Gasteiger charge is 2.10. The third-order valence-corrected chi connectivity index (χ3v) is 4.51. The van der Waals surface area contributed by atoms with Gasteiger partial charge in [-0.2, -0.15) is 0 Å². The van der Waals surface area contributed by atoms with Gasteiger partial charge in [0.1, 0.15) is 5.75 Å². The molecule has 6 nitrogen and oxygen atoms in total. The lowest BCUT2D eigenvalue weighted by Crippen LogP contribution is -2.31. The number of benzene rings is 2. The zero-order chi connectivity index (χ0) is 18.5. The standard InChI is InChI=1S/C20H23N3O3/c1-22-17-5-3-4-6-18(17)23(20(22)25)14-13-21-19(24)12-9-15-7-10-16(26-2)11-8-15/h3-8,10-11H,9,12-14H2,1-2H3,(H,21,24). The lowest BCUT2D eigenvalue weighted by atomic mass is 10.1. The van der Waals surface area contributed by atoms with Crippen LogP contribution in [0.2, 0.25) is 0 Å². The summed E-state index contributed by atoms with van der Waals surface area (Å²) in [5.41, 5.74) is 2.79. The van der Waals surface area contributed by atoms with Crippen molar-refractivity contribution in [2.45, 2.75) is 19.4 Å². The van der Waals surface area contributed by atoms with Crippen LogP contribution in [0.1, 0.15) is 12.0 Å². The molecule has 136 valence electrons. The predicted molar refractivity (Wildman–Crippen MR) is 102 cm³/mol. The van der Waals surface area contributed by atoms with Crippen molar-refractivity contribution in [3.8, 4) is 5.75 Å². The molecule has 3 rings (SSSR count). The maximum absolute atomic E-state index is 12.3. The summed E-state index contributed by atoms with van der Waals surface area (Å²) in [6, 6.07) is 15.4. The number of aryl methyl sites for hydroxylation is 2. The van der Waals surface area contributed by atoms with Gasteiger partial charge in [-0.25, -0.2) is 4.79 Å². The maximum atomic E-state index is 12.3. The Bertz CT molecular complexity index is 955. The van der Waals surface area contributed by atoms with Gasteiger partial charge in [-0.1, -0.05) is 24.3 Å². The van der Waals surface area contributed by atoms with Crippen LogP contribution in [0.15, 0.2) is 53.3 Å². The van der Waals surface area contributed by atoms with Gasteiger partial charge in [0.15, 0.2) is 0 Å². The molecule has 0 saturated carbocycles. The molecule has 1 aromatic heterocycles. The monoisotopic (exact) mass is 353 g/mol. The van der Waals surface area contributed by atoms with E-state index in [9.17, 15) is 9.59 Å². The highest BCUT2D eigenvalue weighted by molar-refractivity contribution is 5.77. The Labute approximate surface area is 152 Å². The maximum Gasteiger partial charge on any atom is 0.328 e. The van der Waals surface area contributed by atoms with Crippen molar-refractivity contribution >= 4 is 16.9 Å². The van der Waals surface area contributed by atoms with E-state index in [4.69, 9.17) is 4.74 Å². The minimum Gasteiger partial charge on any atom is -0.497 e.